The predicted octanol–water partition coefficient (Wildman–Crippen LogP) is 0.845. The molecule has 1 aliphatic rings. The molecular formula is C13H18N5O3P. The minimum Gasteiger partial charge on any atom is -0.382 e. The van der Waals surface area contributed by atoms with Crippen LogP contribution in [-0.2, 0) is 14.1 Å². The Labute approximate surface area is 129 Å². The number of rotatable bonds is 7. The molecule has 1 saturated heterocycles. The minimum atomic E-state index is -0.0170. The summed E-state index contributed by atoms with van der Waals surface area (Å²) >= 11 is 0. The molecule has 3 atom stereocenters. The molecular weight excluding hydrogens is 305 g/mol. The van der Waals surface area contributed by atoms with E-state index >= 15 is 0 Å². The molecule has 0 radical (unpaired) electrons. The maximum atomic E-state index is 10.2. The van der Waals surface area contributed by atoms with E-state index < -0.39 is 0 Å². The molecule has 22 heavy (non-hydrogen) atoms. The van der Waals surface area contributed by atoms with Crippen LogP contribution in [0.4, 0.5) is 5.82 Å². The third-order valence-electron chi connectivity index (χ3n) is 3.55. The number of nitrogens with one attached hydrogen (secondary N) is 1. The molecule has 0 bridgehead atoms. The van der Waals surface area contributed by atoms with E-state index in [4.69, 9.17) is 15.0 Å². The average molecular weight is 323 g/mol. The van der Waals surface area contributed by atoms with E-state index in [1.807, 2.05) is 12.1 Å². The molecule has 0 amide bonds. The molecule has 9 heteroatoms. The highest BCUT2D eigenvalue weighted by atomic mass is 31.1. The predicted molar refractivity (Wildman–Crippen MR) is 82.6 cm³/mol. The second kappa shape index (κ2) is 7.11. The maximum Gasteiger partial charge on any atom is 0.151 e. The lowest BCUT2D eigenvalue weighted by atomic mass is 10.1. The number of carbonyl (C=O) groups is 1. The highest BCUT2D eigenvalue weighted by molar-refractivity contribution is 7.29. The topological polar surface area (TPSA) is 104 Å². The summed E-state index contributed by atoms with van der Waals surface area (Å²) in [5, 5.41) is 7.12. The third kappa shape index (κ3) is 3.25. The summed E-state index contributed by atoms with van der Waals surface area (Å²) in [5.41, 5.74) is 7.61. The number of ether oxygens (including phenoxy) is 1. The van der Waals surface area contributed by atoms with Crippen molar-refractivity contribution >= 4 is 26.6 Å². The van der Waals surface area contributed by atoms with Crippen LogP contribution in [0, 0.1) is 0 Å². The Balaban J connectivity index is 1.58. The molecule has 1 fully saturated rings. The van der Waals surface area contributed by atoms with Crippen molar-refractivity contribution in [3.8, 4) is 0 Å². The van der Waals surface area contributed by atoms with Gasteiger partial charge < -0.3 is 19.8 Å². The van der Waals surface area contributed by atoms with E-state index in [-0.39, 0.29) is 21.2 Å². The summed E-state index contributed by atoms with van der Waals surface area (Å²) in [4.78, 5) is 14.2. The van der Waals surface area contributed by atoms with Crippen LogP contribution in [0.1, 0.15) is 24.6 Å². The van der Waals surface area contributed by atoms with Crippen LogP contribution in [0.3, 0.4) is 0 Å². The number of hydrogen-bond acceptors (Lipinski definition) is 7. The van der Waals surface area contributed by atoms with Gasteiger partial charge in [0.2, 0.25) is 0 Å². The molecule has 3 heterocycles. The highest BCUT2D eigenvalue weighted by Gasteiger charge is 2.29. The van der Waals surface area contributed by atoms with Gasteiger partial charge >= 0.3 is 0 Å². The van der Waals surface area contributed by atoms with Gasteiger partial charge in [0, 0.05) is 0 Å². The summed E-state index contributed by atoms with van der Waals surface area (Å²) < 4.78 is 13.3. The minimum absolute atomic E-state index is 0.0170. The van der Waals surface area contributed by atoms with E-state index in [0.29, 0.717) is 19.0 Å². The summed E-state index contributed by atoms with van der Waals surface area (Å²) in [6, 6.07) is 3.88. The van der Waals surface area contributed by atoms with Crippen molar-refractivity contribution in [2.24, 2.45) is 0 Å². The first-order valence-corrected chi connectivity index (χ1v) is 7.97. The zero-order valence-electron chi connectivity index (χ0n) is 11.9. The normalized spacial score (nSPS) is 22.0. The molecule has 0 saturated carbocycles. The van der Waals surface area contributed by atoms with E-state index in [1.165, 1.54) is 6.33 Å². The van der Waals surface area contributed by atoms with Gasteiger partial charge in [0.25, 0.3) is 0 Å². The molecule has 2 aromatic rings. The second-order valence-corrected chi connectivity index (χ2v) is 5.83. The van der Waals surface area contributed by atoms with Crippen molar-refractivity contribution in [3.63, 3.8) is 0 Å². The lowest BCUT2D eigenvalue weighted by Crippen LogP contribution is -2.15. The highest BCUT2D eigenvalue weighted by Crippen LogP contribution is 2.34. The smallest absolute Gasteiger partial charge is 0.151 e. The van der Waals surface area contributed by atoms with E-state index in [0.717, 1.165) is 30.3 Å². The number of nitrogen functional groups attached to an aromatic ring is 1. The first kappa shape index (κ1) is 15.3. The molecule has 0 spiro atoms. The van der Waals surface area contributed by atoms with Crippen LogP contribution in [0.15, 0.2) is 18.5 Å². The number of nitrogens with zero attached hydrogens (tertiary/aromatic N) is 3. The average Bonchev–Trinajstić information content (AvgIpc) is 3.14. The Hall–Kier alpha value is -1.60. The van der Waals surface area contributed by atoms with Crippen LogP contribution in [0.5, 0.6) is 0 Å². The SMILES string of the molecule is Nc1ncnn2c(C3CCC(COPNCC=O)O3)ccc12. The van der Waals surface area contributed by atoms with Gasteiger partial charge in [0.1, 0.15) is 24.2 Å². The fourth-order valence-electron chi connectivity index (χ4n) is 2.53. The first-order chi connectivity index (χ1) is 10.8. The maximum absolute atomic E-state index is 10.2. The number of anilines is 1. The lowest BCUT2D eigenvalue weighted by Gasteiger charge is -2.14. The zero-order valence-corrected chi connectivity index (χ0v) is 12.9. The van der Waals surface area contributed by atoms with Gasteiger partial charge in [-0.2, -0.15) is 5.10 Å². The first-order valence-electron chi connectivity index (χ1n) is 7.06. The van der Waals surface area contributed by atoms with Crippen molar-refractivity contribution in [2.45, 2.75) is 25.0 Å². The fraction of sp³-hybridized carbons (Fsp3) is 0.462. The van der Waals surface area contributed by atoms with Gasteiger partial charge in [-0.15, -0.1) is 0 Å². The van der Waals surface area contributed by atoms with Crippen LogP contribution in [0.25, 0.3) is 5.52 Å². The fourth-order valence-corrected chi connectivity index (χ4v) is 3.07. The molecule has 118 valence electrons. The monoisotopic (exact) mass is 323 g/mol. The van der Waals surface area contributed by atoms with Crippen molar-refractivity contribution in [1.82, 2.24) is 19.7 Å². The summed E-state index contributed by atoms with van der Waals surface area (Å²) in [7, 11) is 0.110. The number of carbonyl (C=O) groups excluding carboxylic acids is 1. The van der Waals surface area contributed by atoms with Gasteiger partial charge in [-0.1, -0.05) is 0 Å². The number of aromatic nitrogens is 3. The Morgan fingerprint density at radius 2 is 2.45 bits per heavy atom. The third-order valence-corrected chi connectivity index (χ3v) is 4.21. The molecule has 1 aliphatic heterocycles. The Bertz CT molecular complexity index is 650. The van der Waals surface area contributed by atoms with Gasteiger partial charge in [0.05, 0.1) is 33.9 Å². The van der Waals surface area contributed by atoms with Gasteiger partial charge in [-0.25, -0.2) is 9.50 Å². The molecule has 0 aromatic carbocycles. The van der Waals surface area contributed by atoms with E-state index in [1.54, 1.807) is 4.52 Å². The molecule has 3 N–H and O–H groups in total. The Morgan fingerprint density at radius 1 is 1.55 bits per heavy atom. The number of fused-ring (bicyclic) bond motifs is 1. The van der Waals surface area contributed by atoms with Crippen LogP contribution < -0.4 is 10.8 Å². The van der Waals surface area contributed by atoms with Crippen LogP contribution in [-0.4, -0.2) is 40.1 Å². The van der Waals surface area contributed by atoms with Crippen molar-refractivity contribution < 1.29 is 14.1 Å². The van der Waals surface area contributed by atoms with Crippen molar-refractivity contribution in [2.75, 3.05) is 18.9 Å². The Kier molecular flexibility index (Phi) is 4.94. The second-order valence-electron chi connectivity index (χ2n) is 4.99. The number of aldehydes is 1. The summed E-state index contributed by atoms with van der Waals surface area (Å²) in [5.74, 6) is 0.460. The van der Waals surface area contributed by atoms with Crippen molar-refractivity contribution in [1.29, 1.82) is 0 Å². The molecule has 3 unspecified atom stereocenters. The summed E-state index contributed by atoms with van der Waals surface area (Å²) in [6.07, 6.45) is 4.13. The lowest BCUT2D eigenvalue weighted by molar-refractivity contribution is -0.106. The number of hydrogen-bond donors (Lipinski definition) is 2. The number of nitrogens with two attached hydrogens (primary N) is 1. The molecule has 0 aliphatic carbocycles. The Morgan fingerprint density at radius 3 is 3.32 bits per heavy atom. The molecule has 8 nitrogen and oxygen atoms in total. The van der Waals surface area contributed by atoms with Crippen LogP contribution in [0.2, 0.25) is 0 Å². The zero-order chi connectivity index (χ0) is 15.4. The quantitative estimate of drug-likeness (QED) is 0.442. The standard InChI is InChI=1S/C13H18N5O3P/c14-13-11-3-2-10(18(11)16-8-15-13)12-4-1-9(21-12)7-20-22-17-5-6-19/h2-3,6,8-9,12,17,22H,1,4-5,7H2,(H2,14,15,16). The van der Waals surface area contributed by atoms with E-state index in [2.05, 4.69) is 15.2 Å². The van der Waals surface area contributed by atoms with Crippen LogP contribution >= 0.6 is 8.96 Å². The largest absolute Gasteiger partial charge is 0.382 e. The van der Waals surface area contributed by atoms with Crippen molar-refractivity contribution in [3.05, 3.63) is 24.2 Å². The van der Waals surface area contributed by atoms with Gasteiger partial charge in [-0.05, 0) is 25.0 Å². The van der Waals surface area contributed by atoms with E-state index in [9.17, 15) is 4.79 Å². The summed E-state index contributed by atoms with van der Waals surface area (Å²) in [6.45, 7) is 0.825. The molecule has 3 rings (SSSR count). The van der Waals surface area contributed by atoms with Gasteiger partial charge in [0.15, 0.2) is 5.82 Å². The molecule has 2 aromatic heterocycles. The van der Waals surface area contributed by atoms with Gasteiger partial charge in [-0.3, -0.25) is 5.09 Å².